The van der Waals surface area contributed by atoms with Crippen LogP contribution in [0.1, 0.15) is 18.8 Å². The lowest BCUT2D eigenvalue weighted by Gasteiger charge is -2.21. The molecule has 1 saturated heterocycles. The molecule has 1 aromatic heterocycles. The van der Waals surface area contributed by atoms with Crippen LogP contribution in [0.5, 0.6) is 0 Å². The molecule has 2 rings (SSSR count). The van der Waals surface area contributed by atoms with Crippen LogP contribution in [0.3, 0.4) is 0 Å². The van der Waals surface area contributed by atoms with E-state index in [0.717, 1.165) is 5.82 Å². The lowest BCUT2D eigenvalue weighted by Crippen LogP contribution is -2.28. The first-order chi connectivity index (χ1) is 7.09. The van der Waals surface area contributed by atoms with Crippen LogP contribution >= 0.6 is 0 Å². The highest BCUT2D eigenvalue weighted by Gasteiger charge is 2.30. The summed E-state index contributed by atoms with van der Waals surface area (Å²) >= 11 is 0. The molecule has 1 unspecified atom stereocenters. The number of nitrogens with zero attached hydrogens (tertiary/aromatic N) is 6. The zero-order chi connectivity index (χ0) is 11.0. The van der Waals surface area contributed by atoms with Crippen molar-refractivity contribution in [3.63, 3.8) is 0 Å². The summed E-state index contributed by atoms with van der Waals surface area (Å²) in [6.07, 6.45) is 0. The van der Waals surface area contributed by atoms with E-state index in [1.165, 1.54) is 0 Å². The smallest absolute Gasteiger partial charge is 0.237 e. The number of aromatic nitrogens is 4. The summed E-state index contributed by atoms with van der Waals surface area (Å²) < 4.78 is 1.63. The fourth-order valence-electron chi connectivity index (χ4n) is 1.71. The minimum atomic E-state index is 0.0545. The van der Waals surface area contributed by atoms with E-state index in [-0.39, 0.29) is 11.9 Å². The molecule has 0 bridgehead atoms. The Kier molecular flexibility index (Phi) is 2.39. The van der Waals surface area contributed by atoms with Crippen molar-refractivity contribution in [3.8, 4) is 0 Å². The van der Waals surface area contributed by atoms with Crippen LogP contribution in [-0.2, 0) is 11.8 Å². The summed E-state index contributed by atoms with van der Waals surface area (Å²) in [5.41, 5.74) is 0. The first kappa shape index (κ1) is 10.0. The molecule has 1 fully saturated rings. The van der Waals surface area contributed by atoms with Crippen molar-refractivity contribution in [3.05, 3.63) is 5.82 Å². The number of rotatable bonds is 2. The van der Waals surface area contributed by atoms with Crippen molar-refractivity contribution in [2.45, 2.75) is 13.0 Å². The first-order valence-corrected chi connectivity index (χ1v) is 4.80. The molecule has 1 amide bonds. The molecule has 0 saturated carbocycles. The summed E-state index contributed by atoms with van der Waals surface area (Å²) in [7, 11) is 3.59. The summed E-state index contributed by atoms with van der Waals surface area (Å²) in [5.74, 6) is 0.912. The third-order valence-electron chi connectivity index (χ3n) is 2.73. The largest absolute Gasteiger partial charge is 0.332 e. The van der Waals surface area contributed by atoms with Crippen molar-refractivity contribution in [1.29, 1.82) is 0 Å². The molecule has 82 valence electrons. The van der Waals surface area contributed by atoms with Gasteiger partial charge in [0.15, 0.2) is 5.82 Å². The van der Waals surface area contributed by atoms with Crippen molar-refractivity contribution < 1.29 is 4.79 Å². The van der Waals surface area contributed by atoms with E-state index in [0.29, 0.717) is 13.2 Å². The number of aryl methyl sites for hydroxylation is 1. The Labute approximate surface area is 87.6 Å². The van der Waals surface area contributed by atoms with Crippen molar-refractivity contribution in [2.75, 3.05) is 20.3 Å². The molecule has 2 heterocycles. The molecule has 0 spiro atoms. The molecule has 1 aromatic rings. The van der Waals surface area contributed by atoms with Crippen LogP contribution < -0.4 is 0 Å². The topological polar surface area (TPSA) is 67.2 Å². The predicted octanol–water partition coefficient (Wildman–Crippen LogP) is -0.997. The van der Waals surface area contributed by atoms with Gasteiger partial charge < -0.3 is 4.90 Å². The first-order valence-electron chi connectivity index (χ1n) is 4.80. The Morgan fingerprint density at radius 2 is 2.13 bits per heavy atom. The van der Waals surface area contributed by atoms with Gasteiger partial charge in [-0.1, -0.05) is 0 Å². The number of hydrogen-bond acceptors (Lipinski definition) is 5. The number of amides is 1. The van der Waals surface area contributed by atoms with Gasteiger partial charge >= 0.3 is 0 Å². The van der Waals surface area contributed by atoms with Crippen molar-refractivity contribution >= 4 is 5.91 Å². The minimum Gasteiger partial charge on any atom is -0.332 e. The van der Waals surface area contributed by atoms with Gasteiger partial charge in [0.25, 0.3) is 0 Å². The number of likely N-dealkylation sites (N-methyl/N-ethyl adjacent to an activating group) is 1. The standard InChI is InChI=1S/C8H14N6O/c1-6(8-9-10-11-13(8)3)14-4-7(15)12(2)5-14/h6H,4-5H2,1-3H3. The zero-order valence-corrected chi connectivity index (χ0v) is 9.08. The molecule has 0 aromatic carbocycles. The van der Waals surface area contributed by atoms with Gasteiger partial charge in [0.2, 0.25) is 5.91 Å². The van der Waals surface area contributed by atoms with Gasteiger partial charge in [0.1, 0.15) is 0 Å². The van der Waals surface area contributed by atoms with Crippen LogP contribution in [0.2, 0.25) is 0 Å². The number of hydrogen-bond donors (Lipinski definition) is 0. The lowest BCUT2D eigenvalue weighted by molar-refractivity contribution is -0.125. The molecular formula is C8H14N6O. The van der Waals surface area contributed by atoms with E-state index >= 15 is 0 Å². The summed E-state index contributed by atoms with van der Waals surface area (Å²) in [6.45, 7) is 3.06. The molecular weight excluding hydrogens is 196 g/mol. The Balaban J connectivity index is 2.13. The molecule has 7 heteroatoms. The molecule has 0 aliphatic carbocycles. The Morgan fingerprint density at radius 1 is 1.40 bits per heavy atom. The molecule has 1 aliphatic rings. The Hall–Kier alpha value is -1.50. The highest BCUT2D eigenvalue weighted by Crippen LogP contribution is 2.19. The average Bonchev–Trinajstić information content (AvgIpc) is 2.74. The summed E-state index contributed by atoms with van der Waals surface area (Å²) in [6, 6.07) is 0.0545. The van der Waals surface area contributed by atoms with Crippen LogP contribution in [0.4, 0.5) is 0 Å². The van der Waals surface area contributed by atoms with Crippen LogP contribution in [0.15, 0.2) is 0 Å². The Bertz CT molecular complexity index is 375. The van der Waals surface area contributed by atoms with Crippen molar-refractivity contribution in [1.82, 2.24) is 30.0 Å². The van der Waals surface area contributed by atoms with Crippen molar-refractivity contribution in [2.24, 2.45) is 7.05 Å². The lowest BCUT2D eigenvalue weighted by atomic mass is 10.3. The molecule has 7 nitrogen and oxygen atoms in total. The van der Waals surface area contributed by atoms with Crippen LogP contribution in [0, 0.1) is 0 Å². The van der Waals surface area contributed by atoms with E-state index in [1.54, 1.807) is 23.7 Å². The molecule has 1 atom stereocenters. The quantitative estimate of drug-likeness (QED) is 0.626. The highest BCUT2D eigenvalue weighted by atomic mass is 16.2. The zero-order valence-electron chi connectivity index (χ0n) is 9.08. The fraction of sp³-hybridized carbons (Fsp3) is 0.750. The van der Waals surface area contributed by atoms with Gasteiger partial charge in [0, 0.05) is 14.1 Å². The summed E-state index contributed by atoms with van der Waals surface area (Å²) in [4.78, 5) is 15.1. The number of carbonyl (C=O) groups is 1. The van der Waals surface area contributed by atoms with Gasteiger partial charge in [-0.15, -0.1) is 5.10 Å². The van der Waals surface area contributed by atoms with E-state index in [1.807, 2.05) is 11.8 Å². The second kappa shape index (κ2) is 3.58. The Morgan fingerprint density at radius 3 is 2.60 bits per heavy atom. The minimum absolute atomic E-state index is 0.0545. The molecule has 1 aliphatic heterocycles. The predicted molar refractivity (Wildman–Crippen MR) is 51.6 cm³/mol. The van der Waals surface area contributed by atoms with Crippen LogP contribution in [-0.4, -0.2) is 56.2 Å². The second-order valence-electron chi connectivity index (χ2n) is 3.82. The number of tetrazole rings is 1. The highest BCUT2D eigenvalue weighted by molar-refractivity contribution is 5.79. The SMILES string of the molecule is CC(c1nnnn1C)N1CC(=O)N(C)C1. The second-order valence-corrected chi connectivity index (χ2v) is 3.82. The maximum absolute atomic E-state index is 11.4. The third kappa shape index (κ3) is 1.70. The fourth-order valence-corrected chi connectivity index (χ4v) is 1.71. The maximum Gasteiger partial charge on any atom is 0.237 e. The normalized spacial score (nSPS) is 19.9. The molecule has 0 radical (unpaired) electrons. The van der Waals surface area contributed by atoms with Gasteiger partial charge in [-0.05, 0) is 17.4 Å². The van der Waals surface area contributed by atoms with Crippen LogP contribution in [0.25, 0.3) is 0 Å². The van der Waals surface area contributed by atoms with E-state index < -0.39 is 0 Å². The molecule has 15 heavy (non-hydrogen) atoms. The summed E-state index contributed by atoms with van der Waals surface area (Å²) in [5, 5.41) is 11.3. The maximum atomic E-state index is 11.4. The van der Waals surface area contributed by atoms with E-state index in [2.05, 4.69) is 15.5 Å². The van der Waals surface area contributed by atoms with E-state index in [9.17, 15) is 4.79 Å². The molecule has 0 N–H and O–H groups in total. The average molecular weight is 210 g/mol. The van der Waals surface area contributed by atoms with Gasteiger partial charge in [-0.25, -0.2) is 4.68 Å². The number of carbonyl (C=O) groups excluding carboxylic acids is 1. The monoisotopic (exact) mass is 210 g/mol. The van der Waals surface area contributed by atoms with Gasteiger partial charge in [0.05, 0.1) is 19.3 Å². The van der Waals surface area contributed by atoms with E-state index in [4.69, 9.17) is 0 Å². The van der Waals surface area contributed by atoms with Gasteiger partial charge in [-0.3, -0.25) is 9.69 Å². The van der Waals surface area contributed by atoms with Gasteiger partial charge in [-0.2, -0.15) is 0 Å². The third-order valence-corrected chi connectivity index (χ3v) is 2.73.